The zero-order valence-corrected chi connectivity index (χ0v) is 16.4. The monoisotopic (exact) mass is 398 g/mol. The summed E-state index contributed by atoms with van der Waals surface area (Å²) in [4.78, 5) is 32.3. The number of anilines is 3. The predicted molar refractivity (Wildman–Crippen MR) is 103 cm³/mol. The summed E-state index contributed by atoms with van der Waals surface area (Å²) in [6.07, 6.45) is 5.33. The largest absolute Gasteiger partial charge is 1.00 e. The second-order valence-corrected chi connectivity index (χ2v) is 7.98. The van der Waals surface area contributed by atoms with Crippen molar-refractivity contribution in [2.75, 3.05) is 36.4 Å². The number of amides is 2. The molecule has 7 heteroatoms. The summed E-state index contributed by atoms with van der Waals surface area (Å²) in [6.45, 7) is 3.71. The molecule has 0 unspecified atom stereocenters. The van der Waals surface area contributed by atoms with Crippen molar-refractivity contribution in [3.05, 3.63) is 48.2 Å². The molecule has 1 N–H and O–H groups in total. The van der Waals surface area contributed by atoms with Gasteiger partial charge in [-0.2, -0.15) is 0 Å². The van der Waals surface area contributed by atoms with Crippen LogP contribution in [-0.4, -0.2) is 47.5 Å². The first-order valence-electron chi connectivity index (χ1n) is 9.69. The van der Waals surface area contributed by atoms with Gasteiger partial charge in [0, 0.05) is 6.20 Å². The van der Waals surface area contributed by atoms with E-state index >= 15 is 0 Å². The summed E-state index contributed by atoms with van der Waals surface area (Å²) in [5.74, 6) is 1.16. The Kier molecular flexibility index (Phi) is 4.85. The Balaban J connectivity index is 0.00000192. The van der Waals surface area contributed by atoms with Crippen LogP contribution >= 0.6 is 0 Å². The topological polar surface area (TPSA) is 62.3 Å². The maximum Gasteiger partial charge on any atom is 0.288 e. The minimum absolute atomic E-state index is 0. The lowest BCUT2D eigenvalue weighted by atomic mass is 9.85. The number of halogens is 1. The quantitative estimate of drug-likeness (QED) is 0.721. The average Bonchev–Trinajstić information content (AvgIpc) is 2.83. The Labute approximate surface area is 170 Å². The highest BCUT2D eigenvalue weighted by atomic mass is 35.5. The number of aromatic nitrogens is 1. The predicted octanol–water partition coefficient (Wildman–Crippen LogP) is -0.0535. The molecule has 2 amide bonds. The van der Waals surface area contributed by atoms with Crippen LogP contribution in [0.1, 0.15) is 29.6 Å². The minimum atomic E-state index is -0.207. The normalized spacial score (nSPS) is 25.1. The molecule has 2 aromatic rings. The summed E-state index contributed by atoms with van der Waals surface area (Å²) in [5, 5.41) is 2.90. The molecule has 2 bridgehead atoms. The third kappa shape index (κ3) is 3.06. The molecule has 0 saturated carbocycles. The van der Waals surface area contributed by atoms with Crippen LogP contribution < -0.4 is 22.6 Å². The van der Waals surface area contributed by atoms with Crippen molar-refractivity contribution in [3.8, 4) is 0 Å². The molecule has 0 spiro atoms. The molecular weight excluding hydrogens is 376 g/mol. The van der Waals surface area contributed by atoms with Crippen molar-refractivity contribution < 1.29 is 26.5 Å². The highest BCUT2D eigenvalue weighted by Gasteiger charge is 2.43. The molecule has 3 saturated heterocycles. The van der Waals surface area contributed by atoms with Gasteiger partial charge < -0.3 is 22.2 Å². The fourth-order valence-electron chi connectivity index (χ4n) is 4.82. The van der Waals surface area contributed by atoms with Crippen molar-refractivity contribution in [3.63, 3.8) is 0 Å². The molecular formula is C21H23ClN4O2. The number of carbonyl (C=O) groups excluding carboxylic acids is 2. The van der Waals surface area contributed by atoms with E-state index < -0.39 is 0 Å². The van der Waals surface area contributed by atoms with Gasteiger partial charge in [0.15, 0.2) is 12.4 Å². The number of piperidine rings is 3. The lowest BCUT2D eigenvalue weighted by Crippen LogP contribution is -3.00. The summed E-state index contributed by atoms with van der Waals surface area (Å²) < 4.78 is 0.873. The number of pyridine rings is 1. The van der Waals surface area contributed by atoms with E-state index in [1.165, 1.54) is 19.3 Å². The van der Waals surface area contributed by atoms with Crippen LogP contribution in [0.25, 0.3) is 0 Å². The maximum atomic E-state index is 13.6. The number of hydrogen-bond acceptors (Lipinski definition) is 3. The number of nitrogens with one attached hydrogen (secondary N) is 1. The summed E-state index contributed by atoms with van der Waals surface area (Å²) in [5.41, 5.74) is 1.69. The summed E-state index contributed by atoms with van der Waals surface area (Å²) in [6, 6.07) is 10.8. The molecule has 1 aromatic carbocycles. The van der Waals surface area contributed by atoms with E-state index in [0.717, 1.165) is 30.0 Å². The van der Waals surface area contributed by atoms with Gasteiger partial charge >= 0.3 is 0 Å². The van der Waals surface area contributed by atoms with Crippen LogP contribution in [0.3, 0.4) is 0 Å². The molecule has 28 heavy (non-hydrogen) atoms. The molecule has 6 nitrogen and oxygen atoms in total. The molecule has 1 aromatic heterocycles. The SMILES string of the molecule is O=C1Nc2cccnc2N(C(=O)C[N+]23CCC(CC2)CC3)c2ccccc21.[Cl-]. The standard InChI is InChI=1S/C21H22N4O2.ClH/c26-19(14-25-11-7-15(8-12-25)9-13-25)24-18-6-2-1-4-16(18)21(27)23-17-5-3-10-22-20(17)24;/h1-6,10,15H,7-9,11-14H2;1H. The second kappa shape index (κ2) is 7.18. The van der Waals surface area contributed by atoms with Gasteiger partial charge in [0.1, 0.15) is 0 Å². The van der Waals surface area contributed by atoms with Crippen molar-refractivity contribution in [1.82, 2.24) is 4.98 Å². The first-order valence-corrected chi connectivity index (χ1v) is 9.69. The lowest BCUT2D eigenvalue weighted by molar-refractivity contribution is -0.935. The molecule has 4 aliphatic rings. The van der Waals surface area contributed by atoms with Gasteiger partial charge in [0.25, 0.3) is 11.8 Å². The highest BCUT2D eigenvalue weighted by molar-refractivity contribution is 6.17. The van der Waals surface area contributed by atoms with Gasteiger partial charge in [0.2, 0.25) is 0 Å². The van der Waals surface area contributed by atoms with Gasteiger partial charge in [-0.05, 0) is 49.4 Å². The van der Waals surface area contributed by atoms with Crippen molar-refractivity contribution in [2.45, 2.75) is 19.3 Å². The fraction of sp³-hybridized carbons (Fsp3) is 0.381. The van der Waals surface area contributed by atoms with Crippen LogP contribution in [0, 0.1) is 5.92 Å². The van der Waals surface area contributed by atoms with Gasteiger partial charge in [-0.1, -0.05) is 12.1 Å². The second-order valence-electron chi connectivity index (χ2n) is 7.98. The number of carbonyl (C=O) groups is 2. The Morgan fingerprint density at radius 3 is 2.57 bits per heavy atom. The van der Waals surface area contributed by atoms with Crippen LogP contribution in [0.15, 0.2) is 42.6 Å². The van der Waals surface area contributed by atoms with Crippen LogP contribution in [0.5, 0.6) is 0 Å². The number of para-hydroxylation sites is 1. The van der Waals surface area contributed by atoms with E-state index in [-0.39, 0.29) is 24.2 Å². The molecule has 0 atom stereocenters. The van der Waals surface area contributed by atoms with E-state index in [9.17, 15) is 9.59 Å². The van der Waals surface area contributed by atoms with E-state index in [1.807, 2.05) is 18.2 Å². The third-order valence-electron chi connectivity index (χ3n) is 6.39. The Hall–Kier alpha value is -2.44. The maximum absolute atomic E-state index is 13.6. The molecule has 3 fully saturated rings. The van der Waals surface area contributed by atoms with Gasteiger partial charge in [-0.25, -0.2) is 4.98 Å². The van der Waals surface area contributed by atoms with Crippen LogP contribution in [-0.2, 0) is 4.79 Å². The lowest BCUT2D eigenvalue weighted by Gasteiger charge is -2.49. The van der Waals surface area contributed by atoms with Gasteiger partial charge in [0.05, 0.1) is 36.6 Å². The average molecular weight is 399 g/mol. The van der Waals surface area contributed by atoms with Crippen LogP contribution in [0.2, 0.25) is 0 Å². The zero-order chi connectivity index (χ0) is 18.4. The number of fused-ring (bicyclic) bond motifs is 5. The van der Waals surface area contributed by atoms with Crippen LogP contribution in [0.4, 0.5) is 17.2 Å². The van der Waals surface area contributed by atoms with Crippen molar-refractivity contribution >= 4 is 29.0 Å². The summed E-state index contributed by atoms with van der Waals surface area (Å²) in [7, 11) is 0. The van der Waals surface area contributed by atoms with E-state index in [1.54, 1.807) is 29.3 Å². The van der Waals surface area contributed by atoms with E-state index in [2.05, 4.69) is 10.3 Å². The number of nitrogens with zero attached hydrogens (tertiary/aromatic N) is 3. The molecule has 146 valence electrons. The molecule has 6 rings (SSSR count). The smallest absolute Gasteiger partial charge is 0.288 e. The number of rotatable bonds is 2. The van der Waals surface area contributed by atoms with Gasteiger partial charge in [-0.15, -0.1) is 0 Å². The van der Waals surface area contributed by atoms with Crippen molar-refractivity contribution in [1.29, 1.82) is 0 Å². The fourth-order valence-corrected chi connectivity index (χ4v) is 4.82. The number of quaternary nitrogens is 1. The van der Waals surface area contributed by atoms with E-state index in [4.69, 9.17) is 0 Å². The number of hydrogen-bond donors (Lipinski definition) is 1. The first kappa shape index (κ1) is 18.9. The summed E-state index contributed by atoms with van der Waals surface area (Å²) >= 11 is 0. The highest BCUT2D eigenvalue weighted by Crippen LogP contribution is 2.38. The van der Waals surface area contributed by atoms with Crippen molar-refractivity contribution in [2.24, 2.45) is 5.92 Å². The molecule has 4 aliphatic heterocycles. The Morgan fingerprint density at radius 1 is 1.11 bits per heavy atom. The molecule has 0 aliphatic carbocycles. The molecule has 0 radical (unpaired) electrons. The Morgan fingerprint density at radius 2 is 1.82 bits per heavy atom. The van der Waals surface area contributed by atoms with Gasteiger partial charge in [-0.3, -0.25) is 14.5 Å². The van der Waals surface area contributed by atoms with E-state index in [0.29, 0.717) is 29.3 Å². The third-order valence-corrected chi connectivity index (χ3v) is 6.39. The Bertz CT molecular complexity index is 910. The minimum Gasteiger partial charge on any atom is -1.00 e. The first-order chi connectivity index (χ1) is 13.2. The molecule has 5 heterocycles. The zero-order valence-electron chi connectivity index (χ0n) is 15.6. The number of benzene rings is 1.